The molecule has 0 fully saturated rings. The topological polar surface area (TPSA) is 115 Å². The second-order valence-electron chi connectivity index (χ2n) is 16.9. The number of aliphatic carboxylic acids is 2. The van der Waals surface area contributed by atoms with Crippen molar-refractivity contribution in [3.8, 4) is 11.5 Å². The van der Waals surface area contributed by atoms with Gasteiger partial charge in [-0.2, -0.15) is 11.8 Å². The normalized spacial score (nSPS) is 15.8. The fourth-order valence-electron chi connectivity index (χ4n) is 6.21. The van der Waals surface area contributed by atoms with Gasteiger partial charge in [-0.05, 0) is 80.6 Å². The van der Waals surface area contributed by atoms with E-state index in [1.54, 1.807) is 6.92 Å². The highest BCUT2D eigenvalue weighted by Crippen LogP contribution is 2.47. The van der Waals surface area contributed by atoms with Crippen LogP contribution in [0.25, 0.3) is 0 Å². The number of aromatic hydroxyl groups is 2. The van der Waals surface area contributed by atoms with Crippen molar-refractivity contribution in [2.75, 3.05) is 5.75 Å². The summed E-state index contributed by atoms with van der Waals surface area (Å²) in [5.41, 5.74) is 2.91. The molecule has 0 aromatic heterocycles. The highest BCUT2D eigenvalue weighted by molar-refractivity contribution is 8.00. The van der Waals surface area contributed by atoms with E-state index in [1.807, 2.05) is 114 Å². The third kappa shape index (κ3) is 8.78. The number of carboxylic acids is 2. The molecular weight excluding hydrogens is 584 g/mol. The summed E-state index contributed by atoms with van der Waals surface area (Å²) in [4.78, 5) is 26.3. The first-order chi connectivity index (χ1) is 20.2. The Morgan fingerprint density at radius 3 is 1.00 bits per heavy atom. The van der Waals surface area contributed by atoms with Gasteiger partial charge in [0.25, 0.3) is 0 Å². The first-order valence-electron chi connectivity index (χ1n) is 16.0. The monoisotopic (exact) mass is 642 g/mol. The van der Waals surface area contributed by atoms with E-state index in [-0.39, 0.29) is 24.3 Å². The first kappa shape index (κ1) is 38.5. The van der Waals surface area contributed by atoms with Crippen molar-refractivity contribution in [2.24, 2.45) is 11.8 Å². The quantitative estimate of drug-likeness (QED) is 0.204. The number of hydrogen-bond donors (Lipinski definition) is 4. The Balaban J connectivity index is 2.81. The maximum absolute atomic E-state index is 13.2. The molecule has 2 rings (SSSR count). The average Bonchev–Trinajstić information content (AvgIpc) is 2.83. The molecule has 0 aliphatic rings. The third-order valence-electron chi connectivity index (χ3n) is 8.89. The third-order valence-corrected chi connectivity index (χ3v) is 10.4. The van der Waals surface area contributed by atoms with Gasteiger partial charge >= 0.3 is 11.9 Å². The zero-order valence-electron chi connectivity index (χ0n) is 30.1. The molecule has 4 N–H and O–H groups in total. The number of carbonyl (C=O) groups is 2. The lowest BCUT2D eigenvalue weighted by Crippen LogP contribution is -2.48. The Morgan fingerprint density at radius 2 is 0.822 bits per heavy atom. The van der Waals surface area contributed by atoms with Gasteiger partial charge in [-0.1, -0.05) is 114 Å². The van der Waals surface area contributed by atoms with Crippen molar-refractivity contribution < 1.29 is 30.0 Å². The van der Waals surface area contributed by atoms with Crippen LogP contribution in [0.1, 0.15) is 130 Å². The minimum absolute atomic E-state index is 0.116. The number of thioether (sulfide) groups is 1. The molecule has 0 aliphatic carbocycles. The van der Waals surface area contributed by atoms with Crippen LogP contribution in [-0.2, 0) is 44.1 Å². The molecule has 0 heterocycles. The van der Waals surface area contributed by atoms with Gasteiger partial charge in [0.05, 0.1) is 11.8 Å². The Morgan fingerprint density at radius 1 is 0.578 bits per heavy atom. The zero-order valence-corrected chi connectivity index (χ0v) is 30.9. The van der Waals surface area contributed by atoms with Gasteiger partial charge in [0.15, 0.2) is 0 Å². The molecule has 0 spiro atoms. The summed E-state index contributed by atoms with van der Waals surface area (Å²) in [6.45, 7) is 27.9. The molecule has 2 unspecified atom stereocenters. The lowest BCUT2D eigenvalue weighted by molar-refractivity contribution is -0.147. The first-order valence-corrected chi connectivity index (χ1v) is 17.0. The van der Waals surface area contributed by atoms with Crippen molar-refractivity contribution in [1.29, 1.82) is 0 Å². The van der Waals surface area contributed by atoms with Gasteiger partial charge in [-0.15, -0.1) is 0 Å². The molecule has 0 amide bonds. The summed E-state index contributed by atoms with van der Waals surface area (Å²) < 4.78 is -1.18. The van der Waals surface area contributed by atoms with E-state index >= 15 is 0 Å². The fourth-order valence-corrected chi connectivity index (χ4v) is 7.60. The zero-order chi connectivity index (χ0) is 35.1. The van der Waals surface area contributed by atoms with Crippen molar-refractivity contribution >= 4 is 23.7 Å². The van der Waals surface area contributed by atoms with Crippen LogP contribution < -0.4 is 0 Å². The molecule has 7 heteroatoms. The predicted molar refractivity (Wildman–Crippen MR) is 187 cm³/mol. The van der Waals surface area contributed by atoms with Crippen LogP contribution in [0.4, 0.5) is 0 Å². The van der Waals surface area contributed by atoms with Crippen LogP contribution >= 0.6 is 11.8 Å². The molecule has 0 saturated carbocycles. The van der Waals surface area contributed by atoms with Gasteiger partial charge in [0, 0.05) is 4.75 Å². The summed E-state index contributed by atoms with van der Waals surface area (Å²) in [5, 5.41) is 44.0. The van der Waals surface area contributed by atoms with Gasteiger partial charge in [0.2, 0.25) is 0 Å². The number of phenols is 2. The minimum Gasteiger partial charge on any atom is -0.507 e. The molecule has 2 atom stereocenters. The van der Waals surface area contributed by atoms with Crippen LogP contribution in [0, 0.1) is 11.8 Å². The van der Waals surface area contributed by atoms with Crippen molar-refractivity contribution in [3.63, 3.8) is 0 Å². The molecule has 0 bridgehead atoms. The maximum Gasteiger partial charge on any atom is 0.308 e. The van der Waals surface area contributed by atoms with Crippen LogP contribution in [0.2, 0.25) is 0 Å². The number of rotatable bonds is 10. The SMILES string of the molecule is CCSC(C)(C(Cc1cc(C(C)(C)C)c(O)c(C(C)(C)C)c1)C(=O)O)C(Cc1cc(C(C)(C)C)c(O)c(C(C)(C)C)c1)C(=O)O. The van der Waals surface area contributed by atoms with Gasteiger partial charge in [0.1, 0.15) is 11.5 Å². The van der Waals surface area contributed by atoms with Crippen molar-refractivity contribution in [1.82, 2.24) is 0 Å². The highest BCUT2D eigenvalue weighted by Gasteiger charge is 2.49. The Kier molecular flexibility index (Phi) is 11.3. The van der Waals surface area contributed by atoms with E-state index in [0.717, 1.165) is 33.4 Å². The maximum atomic E-state index is 13.2. The standard InChI is InChI=1S/C38H58O6S/c1-15-45-38(14,28(32(41)42)20-22-16-24(34(2,3)4)30(39)25(17-22)35(5,6)7)29(33(43)44)21-23-18-26(36(8,9)10)31(40)27(19-23)37(11,12)13/h16-19,28-29,39-40H,15,20-21H2,1-14H3,(H,41,42)(H,43,44). The lowest BCUT2D eigenvalue weighted by atomic mass is 9.73. The molecular formula is C38H58O6S. The second kappa shape index (κ2) is 13.2. The molecule has 2 aromatic rings. The molecule has 0 saturated heterocycles. The van der Waals surface area contributed by atoms with E-state index in [2.05, 4.69) is 0 Å². The van der Waals surface area contributed by atoms with E-state index in [0.29, 0.717) is 5.75 Å². The van der Waals surface area contributed by atoms with Gasteiger partial charge in [-0.25, -0.2) is 0 Å². The van der Waals surface area contributed by atoms with Gasteiger partial charge < -0.3 is 20.4 Å². The Hall–Kier alpha value is -2.67. The number of hydrogen-bond acceptors (Lipinski definition) is 5. The minimum atomic E-state index is -1.18. The Bertz CT molecular complexity index is 1220. The molecule has 0 aliphatic heterocycles. The van der Waals surface area contributed by atoms with Crippen LogP contribution in [0.15, 0.2) is 24.3 Å². The number of benzene rings is 2. The van der Waals surface area contributed by atoms with Crippen molar-refractivity contribution in [2.45, 2.75) is 136 Å². The van der Waals surface area contributed by atoms with Crippen LogP contribution in [0.3, 0.4) is 0 Å². The summed E-state index contributed by atoms with van der Waals surface area (Å²) in [6, 6.07) is 7.55. The molecule has 45 heavy (non-hydrogen) atoms. The molecule has 2 aromatic carbocycles. The molecule has 0 radical (unpaired) electrons. The highest BCUT2D eigenvalue weighted by atomic mass is 32.2. The summed E-state index contributed by atoms with van der Waals surface area (Å²) in [5.74, 6) is -3.19. The largest absolute Gasteiger partial charge is 0.507 e. The van der Waals surface area contributed by atoms with Crippen molar-refractivity contribution in [3.05, 3.63) is 57.6 Å². The van der Waals surface area contributed by atoms with E-state index < -0.39 is 50.2 Å². The smallest absolute Gasteiger partial charge is 0.308 e. The summed E-state index contributed by atoms with van der Waals surface area (Å²) >= 11 is 1.37. The van der Waals surface area contributed by atoms with Gasteiger partial charge in [-0.3, -0.25) is 9.59 Å². The van der Waals surface area contributed by atoms with Crippen LogP contribution in [-0.4, -0.2) is 42.9 Å². The average molecular weight is 643 g/mol. The van der Waals surface area contributed by atoms with E-state index in [9.17, 15) is 30.0 Å². The fraction of sp³-hybridized carbons (Fsp3) is 0.632. The van der Waals surface area contributed by atoms with E-state index in [1.165, 1.54) is 11.8 Å². The molecule has 252 valence electrons. The van der Waals surface area contributed by atoms with E-state index in [4.69, 9.17) is 0 Å². The number of carboxylic acid groups (broad SMARTS) is 2. The summed E-state index contributed by atoms with van der Waals surface area (Å²) in [6.07, 6.45) is 0.232. The number of phenolic OH excluding ortho intramolecular Hbond substituents is 2. The predicted octanol–water partition coefficient (Wildman–Crippen LogP) is 8.99. The van der Waals surface area contributed by atoms with Crippen LogP contribution in [0.5, 0.6) is 11.5 Å². The molecule has 6 nitrogen and oxygen atoms in total. The Labute approximate surface area is 276 Å². The summed E-state index contributed by atoms with van der Waals surface area (Å²) in [7, 11) is 0. The lowest BCUT2D eigenvalue weighted by Gasteiger charge is -2.40. The second-order valence-corrected chi connectivity index (χ2v) is 18.6.